The molecule has 0 unspecified atom stereocenters. The largest absolute Gasteiger partial charge is 0.478 e. The smallest absolute Gasteiger partial charge is 0.418 e. The van der Waals surface area contributed by atoms with Crippen LogP contribution in [0.1, 0.15) is 23.9 Å². The summed E-state index contributed by atoms with van der Waals surface area (Å²) < 4.78 is 10.2. The molecule has 2 aromatic carbocycles. The van der Waals surface area contributed by atoms with E-state index in [9.17, 15) is 4.79 Å². The monoisotopic (exact) mass is 463 g/mol. The van der Waals surface area contributed by atoms with Crippen molar-refractivity contribution in [2.24, 2.45) is 0 Å². The van der Waals surface area contributed by atoms with Crippen LogP contribution in [0, 0.1) is 13.8 Å². The SMILES string of the molecule is CCc1ccccc1N1CCNCC1.COc1nc(C)c(C)nc1NC(=O)Oc1ccccc1. The number of nitrogens with zero attached hydrogens (tertiary/aromatic N) is 3. The van der Waals surface area contributed by atoms with Crippen molar-refractivity contribution >= 4 is 17.6 Å². The van der Waals surface area contributed by atoms with Gasteiger partial charge in [-0.05, 0) is 44.0 Å². The van der Waals surface area contributed by atoms with E-state index in [1.807, 2.05) is 13.0 Å². The standard InChI is InChI=1S/C14H15N3O3.C12H18N2/c1-9-10(2)16-13(19-3)12(15-9)17-14(18)20-11-7-5-4-6-8-11;1-2-11-5-3-4-6-12(11)14-9-7-13-8-10-14/h4-8H,1-3H3,(H,15,17,18);3-6,13H,2,7-10H2,1H3. The maximum atomic E-state index is 11.8. The van der Waals surface area contributed by atoms with E-state index >= 15 is 0 Å². The van der Waals surface area contributed by atoms with Crippen LogP contribution in [0.15, 0.2) is 54.6 Å². The van der Waals surface area contributed by atoms with Gasteiger partial charge in [-0.2, -0.15) is 0 Å². The molecule has 1 aliphatic heterocycles. The maximum absolute atomic E-state index is 11.8. The molecule has 1 aromatic heterocycles. The zero-order valence-electron chi connectivity index (χ0n) is 20.3. The molecule has 8 heteroatoms. The van der Waals surface area contributed by atoms with Gasteiger partial charge in [-0.3, -0.25) is 5.32 Å². The van der Waals surface area contributed by atoms with Gasteiger partial charge in [0.2, 0.25) is 0 Å². The van der Waals surface area contributed by atoms with Crippen molar-refractivity contribution in [3.05, 3.63) is 71.5 Å². The number of hydrogen-bond donors (Lipinski definition) is 2. The van der Waals surface area contributed by atoms with Gasteiger partial charge in [0.05, 0.1) is 18.5 Å². The van der Waals surface area contributed by atoms with Gasteiger partial charge in [-0.15, -0.1) is 0 Å². The number of nitrogens with one attached hydrogen (secondary N) is 2. The van der Waals surface area contributed by atoms with E-state index in [0.29, 0.717) is 11.4 Å². The minimum Gasteiger partial charge on any atom is -0.478 e. The number of amides is 1. The molecule has 180 valence electrons. The van der Waals surface area contributed by atoms with E-state index in [4.69, 9.17) is 9.47 Å². The predicted molar refractivity (Wildman–Crippen MR) is 135 cm³/mol. The van der Waals surface area contributed by atoms with Crippen molar-refractivity contribution in [1.82, 2.24) is 15.3 Å². The Morgan fingerprint density at radius 2 is 1.65 bits per heavy atom. The average Bonchev–Trinajstić information content (AvgIpc) is 2.87. The summed E-state index contributed by atoms with van der Waals surface area (Å²) in [6.07, 6.45) is 0.479. The van der Waals surface area contributed by atoms with Gasteiger partial charge >= 0.3 is 6.09 Å². The highest BCUT2D eigenvalue weighted by Crippen LogP contribution is 2.22. The zero-order chi connectivity index (χ0) is 24.3. The molecule has 0 atom stereocenters. The second kappa shape index (κ2) is 12.6. The number of ether oxygens (including phenoxy) is 2. The van der Waals surface area contributed by atoms with Crippen molar-refractivity contribution < 1.29 is 14.3 Å². The number of carbonyl (C=O) groups is 1. The molecule has 1 fully saturated rings. The van der Waals surface area contributed by atoms with E-state index in [0.717, 1.165) is 38.3 Å². The van der Waals surface area contributed by atoms with Gasteiger partial charge in [0.25, 0.3) is 5.88 Å². The van der Waals surface area contributed by atoms with Crippen LogP contribution in [-0.4, -0.2) is 49.4 Å². The zero-order valence-corrected chi connectivity index (χ0v) is 20.3. The highest BCUT2D eigenvalue weighted by Gasteiger charge is 2.14. The number of aryl methyl sites for hydroxylation is 3. The summed E-state index contributed by atoms with van der Waals surface area (Å²) >= 11 is 0. The van der Waals surface area contributed by atoms with E-state index in [1.54, 1.807) is 31.2 Å². The number of rotatable bonds is 5. The van der Waals surface area contributed by atoms with Gasteiger partial charge in [-0.25, -0.2) is 14.8 Å². The highest BCUT2D eigenvalue weighted by atomic mass is 16.6. The van der Waals surface area contributed by atoms with Crippen molar-refractivity contribution in [3.8, 4) is 11.6 Å². The van der Waals surface area contributed by atoms with Crippen molar-refractivity contribution in [2.75, 3.05) is 43.5 Å². The second-order valence-corrected chi connectivity index (χ2v) is 7.80. The molecule has 2 heterocycles. The Morgan fingerprint density at radius 1 is 1.00 bits per heavy atom. The quantitative estimate of drug-likeness (QED) is 0.581. The molecule has 0 saturated carbocycles. The molecule has 4 rings (SSSR count). The summed E-state index contributed by atoms with van der Waals surface area (Å²) in [5, 5.41) is 5.90. The van der Waals surface area contributed by atoms with Crippen LogP contribution in [0.3, 0.4) is 0 Å². The number of methoxy groups -OCH3 is 1. The topological polar surface area (TPSA) is 88.6 Å². The molecular formula is C26H33N5O3. The van der Waals surface area contributed by atoms with E-state index in [2.05, 4.69) is 56.7 Å². The van der Waals surface area contributed by atoms with Crippen molar-refractivity contribution in [3.63, 3.8) is 0 Å². The van der Waals surface area contributed by atoms with Gasteiger partial charge in [0.1, 0.15) is 5.75 Å². The minimum absolute atomic E-state index is 0.233. The van der Waals surface area contributed by atoms with Crippen LogP contribution in [0.25, 0.3) is 0 Å². The molecule has 0 bridgehead atoms. The number of anilines is 2. The summed E-state index contributed by atoms with van der Waals surface area (Å²) in [5.74, 6) is 0.926. The molecule has 0 spiro atoms. The molecule has 2 N–H and O–H groups in total. The normalized spacial score (nSPS) is 12.9. The number of para-hydroxylation sites is 2. The highest BCUT2D eigenvalue weighted by molar-refractivity contribution is 5.86. The van der Waals surface area contributed by atoms with Crippen LogP contribution in [0.5, 0.6) is 11.6 Å². The fourth-order valence-corrected chi connectivity index (χ4v) is 3.55. The molecule has 8 nitrogen and oxygen atoms in total. The molecule has 3 aromatic rings. The van der Waals surface area contributed by atoms with Crippen molar-refractivity contribution in [2.45, 2.75) is 27.2 Å². The Morgan fingerprint density at radius 3 is 2.32 bits per heavy atom. The lowest BCUT2D eigenvalue weighted by Crippen LogP contribution is -2.43. The van der Waals surface area contributed by atoms with E-state index in [-0.39, 0.29) is 11.7 Å². The molecule has 1 aliphatic rings. The maximum Gasteiger partial charge on any atom is 0.418 e. The number of piperazine rings is 1. The first-order chi connectivity index (χ1) is 16.5. The summed E-state index contributed by atoms with van der Waals surface area (Å²) in [6, 6.07) is 17.5. The van der Waals surface area contributed by atoms with Gasteiger partial charge in [-0.1, -0.05) is 43.3 Å². The van der Waals surface area contributed by atoms with Crippen LogP contribution in [0.4, 0.5) is 16.3 Å². The molecule has 1 amide bonds. The van der Waals surface area contributed by atoms with Gasteiger partial charge in [0.15, 0.2) is 5.82 Å². The lowest BCUT2D eigenvalue weighted by molar-refractivity contribution is 0.215. The molecule has 34 heavy (non-hydrogen) atoms. The molecule has 0 radical (unpaired) electrons. The number of benzene rings is 2. The lowest BCUT2D eigenvalue weighted by atomic mass is 10.1. The Kier molecular flexibility index (Phi) is 9.22. The molecule has 1 saturated heterocycles. The minimum atomic E-state index is -0.646. The average molecular weight is 464 g/mol. The predicted octanol–water partition coefficient (Wildman–Crippen LogP) is 4.37. The van der Waals surface area contributed by atoms with Crippen LogP contribution < -0.4 is 25.0 Å². The Bertz CT molecular complexity index is 1070. The van der Waals surface area contributed by atoms with Gasteiger partial charge < -0.3 is 19.7 Å². The van der Waals surface area contributed by atoms with Crippen molar-refractivity contribution in [1.29, 1.82) is 0 Å². The second-order valence-electron chi connectivity index (χ2n) is 7.80. The fraction of sp³-hybridized carbons (Fsp3) is 0.346. The fourth-order valence-electron chi connectivity index (χ4n) is 3.55. The third-order valence-electron chi connectivity index (χ3n) is 5.47. The summed E-state index contributed by atoms with van der Waals surface area (Å²) in [5.41, 5.74) is 4.34. The van der Waals surface area contributed by atoms with Crippen LogP contribution in [-0.2, 0) is 6.42 Å². The number of carbonyl (C=O) groups excluding carboxylic acids is 1. The third-order valence-corrected chi connectivity index (χ3v) is 5.47. The first kappa shape index (κ1) is 25.0. The van der Waals surface area contributed by atoms with E-state index < -0.39 is 6.09 Å². The molecule has 0 aliphatic carbocycles. The van der Waals surface area contributed by atoms with Crippen LogP contribution in [0.2, 0.25) is 0 Å². The summed E-state index contributed by atoms with van der Waals surface area (Å²) in [4.78, 5) is 22.7. The molecular weight excluding hydrogens is 430 g/mol. The Labute approximate surface area is 201 Å². The summed E-state index contributed by atoms with van der Waals surface area (Å²) in [6.45, 7) is 10.3. The Balaban J connectivity index is 0.000000202. The van der Waals surface area contributed by atoms with E-state index in [1.165, 1.54) is 18.4 Å². The lowest BCUT2D eigenvalue weighted by Gasteiger charge is -2.31. The first-order valence-electron chi connectivity index (χ1n) is 11.5. The first-order valence-corrected chi connectivity index (χ1v) is 11.5. The third kappa shape index (κ3) is 6.92. The van der Waals surface area contributed by atoms with Crippen LogP contribution >= 0.6 is 0 Å². The number of hydrogen-bond acceptors (Lipinski definition) is 7. The van der Waals surface area contributed by atoms with Gasteiger partial charge in [0, 0.05) is 31.9 Å². The summed E-state index contributed by atoms with van der Waals surface area (Å²) in [7, 11) is 1.46. The Hall–Kier alpha value is -3.65. The number of aromatic nitrogens is 2.